The van der Waals surface area contributed by atoms with E-state index in [-0.39, 0.29) is 17.6 Å². The summed E-state index contributed by atoms with van der Waals surface area (Å²) in [6.45, 7) is 1.60. The van der Waals surface area contributed by atoms with Crippen molar-refractivity contribution in [1.82, 2.24) is 25.1 Å². The Hall–Kier alpha value is -3.40. The summed E-state index contributed by atoms with van der Waals surface area (Å²) in [5.41, 5.74) is -3.87. The van der Waals surface area contributed by atoms with Crippen LogP contribution in [0.3, 0.4) is 0 Å². The predicted octanol–water partition coefficient (Wildman–Crippen LogP) is 5.99. The van der Waals surface area contributed by atoms with Crippen LogP contribution in [-0.2, 0) is 38.7 Å². The van der Waals surface area contributed by atoms with E-state index in [2.05, 4.69) is 15.4 Å². The predicted molar refractivity (Wildman–Crippen MR) is 132 cm³/mol. The fourth-order valence-corrected chi connectivity index (χ4v) is 5.10. The number of hydrogen-bond acceptors (Lipinski definition) is 6. The Kier molecular flexibility index (Phi) is 8.79. The molecule has 4 rings (SSSR count). The summed E-state index contributed by atoms with van der Waals surface area (Å²) in [6, 6.07) is 3.81. The fourth-order valence-electron chi connectivity index (χ4n) is 5.10. The quantitative estimate of drug-likeness (QED) is 0.316. The number of aliphatic hydroxyl groups is 1. The highest BCUT2D eigenvalue weighted by Crippen LogP contribution is 2.38. The Morgan fingerprint density at radius 1 is 0.905 bits per heavy atom. The monoisotopic (exact) mass is 610 g/mol. The molecule has 2 heterocycles. The maximum absolute atomic E-state index is 13.7. The molecule has 1 fully saturated rings. The van der Waals surface area contributed by atoms with E-state index in [1.165, 1.54) is 18.0 Å². The largest absolute Gasteiger partial charge is 0.416 e. The van der Waals surface area contributed by atoms with Gasteiger partial charge in [-0.1, -0.05) is 18.1 Å². The zero-order chi connectivity index (χ0) is 31.0. The molecule has 1 N–H and O–H groups in total. The highest BCUT2D eigenvalue weighted by atomic mass is 19.4. The number of hydrogen-bond donors (Lipinski definition) is 1. The molecule has 1 aliphatic rings. The first-order valence-corrected chi connectivity index (χ1v) is 12.8. The molecule has 0 amide bonds. The molecule has 16 heteroatoms. The molecule has 0 saturated carbocycles. The van der Waals surface area contributed by atoms with Crippen LogP contribution in [0, 0.1) is 0 Å². The first kappa shape index (κ1) is 31.5. The molecule has 230 valence electrons. The average molecular weight is 611 g/mol. The van der Waals surface area contributed by atoms with Crippen molar-refractivity contribution in [2.75, 3.05) is 18.0 Å². The third-order valence-electron chi connectivity index (χ3n) is 7.01. The van der Waals surface area contributed by atoms with Gasteiger partial charge in [-0.3, -0.25) is 4.90 Å². The molecule has 2 unspecified atom stereocenters. The number of aryl methyl sites for hydroxylation is 1. The fraction of sp³-hybridized carbons (Fsp3) is 0.500. The first-order chi connectivity index (χ1) is 19.5. The molecule has 42 heavy (non-hydrogen) atoms. The van der Waals surface area contributed by atoms with Gasteiger partial charge in [0.1, 0.15) is 0 Å². The normalized spacial score (nSPS) is 17.6. The van der Waals surface area contributed by atoms with Crippen LogP contribution < -0.4 is 4.90 Å². The molecule has 1 aromatic heterocycles. The van der Waals surface area contributed by atoms with Crippen molar-refractivity contribution in [3.8, 4) is 0 Å². The molecule has 0 aliphatic carbocycles. The highest BCUT2D eigenvalue weighted by molar-refractivity contribution is 5.42. The molecule has 2 atom stereocenters. The number of β-amino-alcohol motifs (C(OH)–C–C–N with tert-alkyl or cyclic N) is 1. The number of aromatic nitrogens is 4. The third kappa shape index (κ3) is 7.32. The van der Waals surface area contributed by atoms with Gasteiger partial charge in [-0.15, -0.1) is 5.10 Å². The minimum absolute atomic E-state index is 0.00433. The second kappa shape index (κ2) is 11.7. The maximum Gasteiger partial charge on any atom is 0.416 e. The van der Waals surface area contributed by atoms with Crippen LogP contribution in [-0.4, -0.2) is 49.4 Å². The number of anilines is 1. The SMILES string of the molecule is CCC(c1ccc(C(F)(F)F)cc1CN(Cc1cc(C(F)(F)F)cc(C(F)(F)F)c1)c1nnn(C)n1)N1CCC(O)C1. The minimum atomic E-state index is -5.09. The van der Waals surface area contributed by atoms with Gasteiger partial charge in [0.05, 0.1) is 29.8 Å². The van der Waals surface area contributed by atoms with Gasteiger partial charge in [-0.2, -0.15) is 44.3 Å². The molecule has 0 radical (unpaired) electrons. The molecule has 7 nitrogen and oxygen atoms in total. The number of likely N-dealkylation sites (tertiary alicyclic amines) is 1. The summed E-state index contributed by atoms with van der Waals surface area (Å²) in [4.78, 5) is 4.10. The van der Waals surface area contributed by atoms with E-state index in [0.717, 1.165) is 16.9 Å². The van der Waals surface area contributed by atoms with E-state index in [1.807, 2.05) is 11.8 Å². The number of nitrogens with zero attached hydrogens (tertiary/aromatic N) is 6. The zero-order valence-corrected chi connectivity index (χ0v) is 22.4. The average Bonchev–Trinajstić information content (AvgIpc) is 3.51. The number of halogens is 9. The molecular weight excluding hydrogens is 583 g/mol. The summed E-state index contributed by atoms with van der Waals surface area (Å²) in [5, 5.41) is 21.6. The van der Waals surface area contributed by atoms with Gasteiger partial charge in [0.2, 0.25) is 0 Å². The van der Waals surface area contributed by atoms with Crippen LogP contribution in [0.2, 0.25) is 0 Å². The van der Waals surface area contributed by atoms with Crippen molar-refractivity contribution >= 4 is 5.95 Å². The van der Waals surface area contributed by atoms with Crippen molar-refractivity contribution in [3.05, 3.63) is 69.8 Å². The molecular formula is C26H27F9N6O. The van der Waals surface area contributed by atoms with Crippen LogP contribution in [0.4, 0.5) is 45.5 Å². The van der Waals surface area contributed by atoms with E-state index in [4.69, 9.17) is 0 Å². The van der Waals surface area contributed by atoms with Gasteiger partial charge < -0.3 is 10.0 Å². The van der Waals surface area contributed by atoms with Gasteiger partial charge in [0.25, 0.3) is 5.95 Å². The van der Waals surface area contributed by atoms with Crippen LogP contribution in [0.1, 0.15) is 59.2 Å². The van der Waals surface area contributed by atoms with E-state index in [9.17, 15) is 44.6 Å². The van der Waals surface area contributed by atoms with Crippen molar-refractivity contribution in [2.45, 2.75) is 63.5 Å². The van der Waals surface area contributed by atoms with Crippen LogP contribution in [0.25, 0.3) is 0 Å². The summed E-state index contributed by atoms with van der Waals surface area (Å²) in [5.74, 6) is -0.212. The molecule has 0 spiro atoms. The van der Waals surface area contributed by atoms with Gasteiger partial charge in [0, 0.05) is 32.2 Å². The Bertz CT molecular complexity index is 1350. The minimum Gasteiger partial charge on any atom is -0.392 e. The smallest absolute Gasteiger partial charge is 0.392 e. The Morgan fingerprint density at radius 3 is 2.00 bits per heavy atom. The number of benzene rings is 2. The Morgan fingerprint density at radius 2 is 1.52 bits per heavy atom. The van der Waals surface area contributed by atoms with Crippen molar-refractivity contribution < 1.29 is 44.6 Å². The molecule has 2 aromatic carbocycles. The molecule has 1 aliphatic heterocycles. The second-order valence-electron chi connectivity index (χ2n) is 10.1. The standard InChI is InChI=1S/C26H27F9N6O/c1-3-22(40-7-6-20(42)14-40)21-5-4-17(24(27,28)29)10-16(21)13-41(23-36-38-39(2)37-23)12-15-8-18(25(30,31)32)11-19(9-15)26(33,34)35/h4-5,8-11,20,22,42H,3,6-7,12-14H2,1-2H3. The second-order valence-corrected chi connectivity index (χ2v) is 10.1. The van der Waals surface area contributed by atoms with E-state index < -0.39 is 66.0 Å². The van der Waals surface area contributed by atoms with Crippen LogP contribution in [0.5, 0.6) is 0 Å². The van der Waals surface area contributed by atoms with Gasteiger partial charge in [-0.05, 0) is 65.1 Å². The third-order valence-corrected chi connectivity index (χ3v) is 7.01. The lowest BCUT2D eigenvalue weighted by Crippen LogP contribution is -2.30. The summed E-state index contributed by atoms with van der Waals surface area (Å²) in [7, 11) is 1.38. The van der Waals surface area contributed by atoms with Gasteiger partial charge in [0.15, 0.2) is 0 Å². The van der Waals surface area contributed by atoms with Crippen molar-refractivity contribution in [3.63, 3.8) is 0 Å². The van der Waals surface area contributed by atoms with E-state index in [0.29, 0.717) is 43.6 Å². The topological polar surface area (TPSA) is 70.3 Å². The number of aliphatic hydroxyl groups excluding tert-OH is 1. The molecule has 1 saturated heterocycles. The van der Waals surface area contributed by atoms with Gasteiger partial charge >= 0.3 is 18.5 Å². The summed E-state index contributed by atoms with van der Waals surface area (Å²) < 4.78 is 122. The maximum atomic E-state index is 13.7. The molecule has 0 bridgehead atoms. The van der Waals surface area contributed by atoms with E-state index in [1.54, 1.807) is 0 Å². The highest BCUT2D eigenvalue weighted by Gasteiger charge is 2.38. The lowest BCUT2D eigenvalue weighted by molar-refractivity contribution is -0.143. The van der Waals surface area contributed by atoms with Crippen molar-refractivity contribution in [1.29, 1.82) is 0 Å². The number of rotatable bonds is 8. The first-order valence-electron chi connectivity index (χ1n) is 12.8. The lowest BCUT2D eigenvalue weighted by Gasteiger charge is -2.31. The van der Waals surface area contributed by atoms with Crippen LogP contribution in [0.15, 0.2) is 36.4 Å². The van der Waals surface area contributed by atoms with Crippen LogP contribution >= 0.6 is 0 Å². The Labute approximate surface area is 234 Å². The summed E-state index contributed by atoms with van der Waals surface area (Å²) >= 11 is 0. The molecule has 3 aromatic rings. The van der Waals surface area contributed by atoms with Gasteiger partial charge in [-0.25, -0.2) is 0 Å². The van der Waals surface area contributed by atoms with Crippen molar-refractivity contribution in [2.24, 2.45) is 7.05 Å². The van der Waals surface area contributed by atoms with E-state index >= 15 is 0 Å². The Balaban J connectivity index is 1.81. The lowest BCUT2D eigenvalue weighted by atomic mass is 9.94. The number of alkyl halides is 9. The number of tetrazole rings is 1. The zero-order valence-electron chi connectivity index (χ0n) is 22.4. The summed E-state index contributed by atoms with van der Waals surface area (Å²) in [6.07, 6.45) is -14.6.